The first-order chi connectivity index (χ1) is 12.8. The molecule has 0 bridgehead atoms. The van der Waals surface area contributed by atoms with Gasteiger partial charge in [0.1, 0.15) is 17.0 Å². The molecule has 0 aliphatic heterocycles. The number of sulfonamides is 1. The van der Waals surface area contributed by atoms with Crippen LogP contribution in [0.25, 0.3) is 0 Å². The third-order valence-electron chi connectivity index (χ3n) is 4.02. The molecule has 1 fully saturated rings. The lowest BCUT2D eigenvalue weighted by Gasteiger charge is -2.16. The van der Waals surface area contributed by atoms with Crippen LogP contribution in [0.2, 0.25) is 0 Å². The minimum absolute atomic E-state index is 0.00562. The van der Waals surface area contributed by atoms with Crippen molar-refractivity contribution in [2.75, 3.05) is 32.3 Å². The van der Waals surface area contributed by atoms with Crippen LogP contribution in [-0.2, 0) is 14.8 Å². The van der Waals surface area contributed by atoms with Crippen molar-refractivity contribution in [3.05, 3.63) is 24.5 Å². The fraction of sp³-hybridized carbons (Fsp3) is 0.438. The van der Waals surface area contributed by atoms with Crippen LogP contribution in [0.4, 0.5) is 5.69 Å². The van der Waals surface area contributed by atoms with Gasteiger partial charge in [0.05, 0.1) is 12.9 Å². The van der Waals surface area contributed by atoms with E-state index in [0.717, 1.165) is 17.1 Å². The smallest absolute Gasteiger partial charge is 0.246 e. The number of benzene rings is 1. The Balaban J connectivity index is 1.69. The highest BCUT2D eigenvalue weighted by atomic mass is 32.2. The minimum atomic E-state index is -3.70. The number of amides is 1. The largest absolute Gasteiger partial charge is 0.495 e. The van der Waals surface area contributed by atoms with Crippen molar-refractivity contribution in [1.29, 1.82) is 0 Å². The molecule has 146 valence electrons. The molecule has 1 heterocycles. The number of carbonyl (C=O) groups excluding carboxylic acids is 1. The third-order valence-corrected chi connectivity index (χ3v) is 6.81. The van der Waals surface area contributed by atoms with Gasteiger partial charge in [-0.15, -0.1) is 10.2 Å². The maximum atomic E-state index is 12.4. The lowest BCUT2D eigenvalue weighted by atomic mass is 10.3. The topological polar surface area (TPSA) is 106 Å². The predicted octanol–water partition coefficient (Wildman–Crippen LogP) is 1.60. The first-order valence-corrected chi connectivity index (χ1v) is 10.7. The fourth-order valence-corrected chi connectivity index (χ4v) is 4.28. The van der Waals surface area contributed by atoms with E-state index < -0.39 is 10.0 Å². The number of methoxy groups -OCH3 is 1. The SMILES string of the molecule is COc1ccc(NC(=O)CSc2nncn2C2CC2)cc1S(=O)(=O)N(C)C. The van der Waals surface area contributed by atoms with Crippen LogP contribution in [0.3, 0.4) is 0 Å². The van der Waals surface area contributed by atoms with Crippen LogP contribution in [0.15, 0.2) is 34.6 Å². The Bertz CT molecular complexity index is 938. The highest BCUT2D eigenvalue weighted by Crippen LogP contribution is 2.37. The molecular weight excluding hydrogens is 390 g/mol. The van der Waals surface area contributed by atoms with Crippen LogP contribution in [0, 0.1) is 0 Å². The Hall–Kier alpha value is -2.11. The molecule has 0 saturated heterocycles. The molecule has 1 aromatic heterocycles. The molecule has 11 heteroatoms. The summed E-state index contributed by atoms with van der Waals surface area (Å²) < 4.78 is 33.1. The summed E-state index contributed by atoms with van der Waals surface area (Å²) in [4.78, 5) is 12.3. The number of hydrogen-bond acceptors (Lipinski definition) is 7. The third kappa shape index (κ3) is 4.42. The van der Waals surface area contributed by atoms with Crippen LogP contribution >= 0.6 is 11.8 Å². The first kappa shape index (κ1) is 19.6. The zero-order valence-electron chi connectivity index (χ0n) is 15.2. The summed E-state index contributed by atoms with van der Waals surface area (Å²) in [6.07, 6.45) is 3.89. The Morgan fingerprint density at radius 2 is 2.15 bits per heavy atom. The summed E-state index contributed by atoms with van der Waals surface area (Å²) in [5, 5.41) is 11.4. The van der Waals surface area contributed by atoms with Crippen molar-refractivity contribution < 1.29 is 17.9 Å². The molecule has 1 aliphatic rings. The lowest BCUT2D eigenvalue weighted by Crippen LogP contribution is -2.23. The Labute approximate surface area is 162 Å². The summed E-state index contributed by atoms with van der Waals surface area (Å²) in [6.45, 7) is 0. The maximum absolute atomic E-state index is 12.4. The zero-order chi connectivity index (χ0) is 19.6. The van der Waals surface area contributed by atoms with E-state index in [0.29, 0.717) is 16.9 Å². The second kappa shape index (κ2) is 7.87. The number of thioether (sulfide) groups is 1. The van der Waals surface area contributed by atoms with Crippen LogP contribution in [-0.4, -0.2) is 60.4 Å². The quantitative estimate of drug-likeness (QED) is 0.658. The van der Waals surface area contributed by atoms with E-state index in [1.165, 1.54) is 45.1 Å². The number of nitrogens with zero attached hydrogens (tertiary/aromatic N) is 4. The summed E-state index contributed by atoms with van der Waals surface area (Å²) >= 11 is 1.30. The van der Waals surface area contributed by atoms with Gasteiger partial charge in [0, 0.05) is 25.8 Å². The lowest BCUT2D eigenvalue weighted by molar-refractivity contribution is -0.113. The summed E-state index contributed by atoms with van der Waals surface area (Å²) in [5.41, 5.74) is 0.380. The molecule has 2 aromatic rings. The van der Waals surface area contributed by atoms with Gasteiger partial charge in [0.25, 0.3) is 0 Å². The molecule has 0 atom stereocenters. The monoisotopic (exact) mass is 411 g/mol. The molecule has 1 saturated carbocycles. The number of carbonyl (C=O) groups is 1. The molecule has 3 rings (SSSR count). The van der Waals surface area contributed by atoms with Gasteiger partial charge >= 0.3 is 0 Å². The zero-order valence-corrected chi connectivity index (χ0v) is 16.9. The van der Waals surface area contributed by atoms with Crippen molar-refractivity contribution >= 4 is 33.4 Å². The Morgan fingerprint density at radius 3 is 2.78 bits per heavy atom. The van der Waals surface area contributed by atoms with Gasteiger partial charge < -0.3 is 14.6 Å². The van der Waals surface area contributed by atoms with E-state index in [1.807, 2.05) is 4.57 Å². The van der Waals surface area contributed by atoms with E-state index in [4.69, 9.17) is 4.74 Å². The predicted molar refractivity (Wildman–Crippen MR) is 102 cm³/mol. The molecule has 1 aromatic carbocycles. The van der Waals surface area contributed by atoms with Gasteiger partial charge in [0.2, 0.25) is 15.9 Å². The van der Waals surface area contributed by atoms with Crippen LogP contribution in [0.1, 0.15) is 18.9 Å². The highest BCUT2D eigenvalue weighted by Gasteiger charge is 2.26. The van der Waals surface area contributed by atoms with Crippen molar-refractivity contribution in [2.45, 2.75) is 28.9 Å². The van der Waals surface area contributed by atoms with Crippen molar-refractivity contribution in [3.8, 4) is 5.75 Å². The number of anilines is 1. The molecule has 1 N–H and O–H groups in total. The Morgan fingerprint density at radius 1 is 1.41 bits per heavy atom. The van der Waals surface area contributed by atoms with Crippen molar-refractivity contribution in [2.24, 2.45) is 0 Å². The summed E-state index contributed by atoms with van der Waals surface area (Å²) in [6, 6.07) is 4.95. The fourth-order valence-electron chi connectivity index (χ4n) is 2.42. The molecule has 0 unspecified atom stereocenters. The molecule has 9 nitrogen and oxygen atoms in total. The van der Waals surface area contributed by atoms with Gasteiger partial charge in [-0.05, 0) is 31.0 Å². The Kier molecular flexibility index (Phi) is 5.72. The van der Waals surface area contributed by atoms with E-state index in [2.05, 4.69) is 15.5 Å². The average molecular weight is 412 g/mol. The van der Waals surface area contributed by atoms with Gasteiger partial charge in [-0.3, -0.25) is 4.79 Å². The second-order valence-electron chi connectivity index (χ2n) is 6.24. The average Bonchev–Trinajstić information content (AvgIpc) is 3.37. The van der Waals surface area contributed by atoms with Crippen LogP contribution < -0.4 is 10.1 Å². The van der Waals surface area contributed by atoms with E-state index in [9.17, 15) is 13.2 Å². The van der Waals surface area contributed by atoms with E-state index in [1.54, 1.807) is 12.4 Å². The van der Waals surface area contributed by atoms with E-state index in [-0.39, 0.29) is 22.3 Å². The molecule has 0 spiro atoms. The molecular formula is C16H21N5O4S2. The molecule has 0 radical (unpaired) electrons. The molecule has 1 amide bonds. The summed E-state index contributed by atoms with van der Waals surface area (Å²) in [5.74, 6) is 0.102. The van der Waals surface area contributed by atoms with Crippen LogP contribution in [0.5, 0.6) is 5.75 Å². The first-order valence-electron chi connectivity index (χ1n) is 8.25. The summed E-state index contributed by atoms with van der Waals surface area (Å²) in [7, 11) is 0.568. The van der Waals surface area contributed by atoms with Crippen molar-refractivity contribution in [1.82, 2.24) is 19.1 Å². The van der Waals surface area contributed by atoms with Gasteiger partial charge in [-0.2, -0.15) is 0 Å². The van der Waals surface area contributed by atoms with Gasteiger partial charge in [0.15, 0.2) is 5.16 Å². The maximum Gasteiger partial charge on any atom is 0.246 e. The number of ether oxygens (including phenoxy) is 1. The molecule has 1 aliphatic carbocycles. The van der Waals surface area contributed by atoms with Gasteiger partial charge in [-0.1, -0.05) is 11.8 Å². The van der Waals surface area contributed by atoms with E-state index >= 15 is 0 Å². The molecule has 27 heavy (non-hydrogen) atoms. The normalized spacial score (nSPS) is 14.4. The highest BCUT2D eigenvalue weighted by molar-refractivity contribution is 7.99. The standard InChI is InChI=1S/C16H21N5O4S2/c1-20(2)27(23,24)14-8-11(4-7-13(14)25-3)18-15(22)9-26-16-19-17-10-21(16)12-5-6-12/h4,7-8,10,12H,5-6,9H2,1-3H3,(H,18,22). The minimum Gasteiger partial charge on any atom is -0.495 e. The number of aromatic nitrogens is 3. The number of rotatable bonds is 8. The van der Waals surface area contributed by atoms with Crippen molar-refractivity contribution in [3.63, 3.8) is 0 Å². The van der Waals surface area contributed by atoms with Gasteiger partial charge in [-0.25, -0.2) is 12.7 Å². The second-order valence-corrected chi connectivity index (χ2v) is 9.30. The number of hydrogen-bond donors (Lipinski definition) is 1. The number of nitrogens with one attached hydrogen (secondary N) is 1.